The second-order valence-electron chi connectivity index (χ2n) is 8.91. The number of hydrogen-bond acceptors (Lipinski definition) is 11. The number of thiophene rings is 1. The fraction of sp³-hybridized carbons (Fsp3) is 0.375. The molecule has 1 aliphatic carbocycles. The molecule has 0 spiro atoms. The lowest BCUT2D eigenvalue weighted by molar-refractivity contribution is 0.101. The van der Waals surface area contributed by atoms with Gasteiger partial charge in [-0.1, -0.05) is 23.7 Å². The summed E-state index contributed by atoms with van der Waals surface area (Å²) in [7, 11) is -2.59. The second-order valence-corrected chi connectivity index (χ2v) is 11.7. The molecule has 0 amide bonds. The van der Waals surface area contributed by atoms with Crippen molar-refractivity contribution in [1.82, 2.24) is 9.97 Å². The van der Waals surface area contributed by atoms with Gasteiger partial charge in [-0.05, 0) is 36.6 Å². The van der Waals surface area contributed by atoms with Gasteiger partial charge in [0.05, 0.1) is 29.8 Å². The summed E-state index contributed by atoms with van der Waals surface area (Å²) in [5.74, 6) is -0.544. The summed E-state index contributed by atoms with van der Waals surface area (Å²) in [6.45, 7) is -0.0494. The van der Waals surface area contributed by atoms with Gasteiger partial charge in [-0.2, -0.15) is 8.42 Å². The Morgan fingerprint density at radius 2 is 2.13 bits per heavy atom. The number of benzene rings is 1. The Morgan fingerprint density at radius 3 is 2.84 bits per heavy atom. The molecule has 1 aliphatic rings. The molecule has 38 heavy (non-hydrogen) atoms. The zero-order valence-electron chi connectivity index (χ0n) is 20.3. The lowest BCUT2D eigenvalue weighted by Crippen LogP contribution is -2.24. The average molecular weight is 583 g/mol. The normalized spacial score (nSPS) is 20.4. The quantitative estimate of drug-likeness (QED) is 0.246. The summed E-state index contributed by atoms with van der Waals surface area (Å²) in [5.41, 5.74) is 1.32. The Bertz CT molecular complexity index is 1400. The Balaban J connectivity index is 1.55. The van der Waals surface area contributed by atoms with Crippen LogP contribution in [0.1, 0.15) is 50.2 Å². The first-order chi connectivity index (χ1) is 18.1. The number of methoxy groups -OCH3 is 1. The average Bonchev–Trinajstić information content (AvgIpc) is 3.45. The van der Waals surface area contributed by atoms with Crippen LogP contribution < -0.4 is 10.5 Å². The van der Waals surface area contributed by atoms with Crippen molar-refractivity contribution in [2.75, 3.05) is 19.0 Å². The minimum atomic E-state index is -4.12. The molecule has 2 aromatic heterocycles. The number of halogens is 1. The Hall–Kier alpha value is -2.49. The van der Waals surface area contributed by atoms with Crippen LogP contribution in [0.5, 0.6) is 0 Å². The number of ether oxygens (including phenoxy) is 1. The highest BCUT2D eigenvalue weighted by molar-refractivity contribution is 7.84. The monoisotopic (exact) mass is 582 g/mol. The van der Waals surface area contributed by atoms with E-state index in [1.54, 1.807) is 30.3 Å². The highest BCUT2D eigenvalue weighted by Crippen LogP contribution is 2.35. The lowest BCUT2D eigenvalue weighted by atomic mass is 10.0. The summed E-state index contributed by atoms with van der Waals surface area (Å²) >= 11 is 7.29. The van der Waals surface area contributed by atoms with E-state index in [0.717, 1.165) is 0 Å². The molecule has 204 valence electrons. The van der Waals surface area contributed by atoms with Gasteiger partial charge in [0.25, 0.3) is 0 Å². The molecule has 1 aromatic carbocycles. The standard InChI is InChI=1S/C24H27ClN4O7S2/c1-35-11-21-17(22(31)13-3-2-4-15(25)5-13)8-20(37-21)23(32)18-9-27-12-28-24(18)29-16-6-14(19(30)7-16)10-36-38(26,33)34/h2-5,8-9,12,14,16,19,22,30-31H,6-7,10-11H2,1H3,(H2,26,33,34)(H,27,28,29)/t14-,16-,19+,22+/m1/s1. The molecule has 5 N–H and O–H groups in total. The van der Waals surface area contributed by atoms with E-state index in [9.17, 15) is 23.4 Å². The van der Waals surface area contributed by atoms with Crippen molar-refractivity contribution in [3.63, 3.8) is 0 Å². The minimum Gasteiger partial charge on any atom is -0.393 e. The number of aliphatic hydroxyl groups excluding tert-OH is 2. The third-order valence-corrected chi connectivity index (χ3v) is 8.02. The largest absolute Gasteiger partial charge is 0.393 e. The molecular weight excluding hydrogens is 556 g/mol. The van der Waals surface area contributed by atoms with Crippen molar-refractivity contribution in [2.45, 2.75) is 37.7 Å². The van der Waals surface area contributed by atoms with E-state index in [2.05, 4.69) is 19.5 Å². The number of nitrogens with two attached hydrogens (primary N) is 1. The highest BCUT2D eigenvalue weighted by Gasteiger charge is 2.35. The van der Waals surface area contributed by atoms with Crippen LogP contribution in [-0.4, -0.2) is 60.2 Å². The number of aliphatic hydroxyl groups is 2. The molecule has 3 aromatic rings. The van der Waals surface area contributed by atoms with Crippen molar-refractivity contribution < 1.29 is 32.3 Å². The van der Waals surface area contributed by atoms with Crippen molar-refractivity contribution in [3.05, 3.63) is 74.3 Å². The van der Waals surface area contributed by atoms with Crippen LogP contribution >= 0.6 is 22.9 Å². The summed E-state index contributed by atoms with van der Waals surface area (Å²) in [6.07, 6.45) is 1.53. The number of aromatic nitrogens is 2. The second kappa shape index (κ2) is 12.1. The molecule has 2 heterocycles. The van der Waals surface area contributed by atoms with Gasteiger partial charge < -0.3 is 20.3 Å². The molecule has 1 saturated carbocycles. The zero-order chi connectivity index (χ0) is 27.4. The molecule has 0 saturated heterocycles. The fourth-order valence-electron chi connectivity index (χ4n) is 4.41. The first-order valence-electron chi connectivity index (χ1n) is 11.6. The van der Waals surface area contributed by atoms with E-state index < -0.39 is 28.4 Å². The van der Waals surface area contributed by atoms with Gasteiger partial charge in [0.2, 0.25) is 5.78 Å². The maximum Gasteiger partial charge on any atom is 0.333 e. The van der Waals surface area contributed by atoms with E-state index in [-0.39, 0.29) is 36.4 Å². The van der Waals surface area contributed by atoms with Gasteiger partial charge >= 0.3 is 10.3 Å². The van der Waals surface area contributed by atoms with Gasteiger partial charge in [-0.3, -0.25) is 8.98 Å². The third-order valence-electron chi connectivity index (χ3n) is 6.20. The van der Waals surface area contributed by atoms with Crippen molar-refractivity contribution in [1.29, 1.82) is 0 Å². The molecule has 0 unspecified atom stereocenters. The number of carbonyl (C=O) groups excluding carboxylic acids is 1. The molecular formula is C24H27ClN4O7S2. The highest BCUT2D eigenvalue weighted by atomic mass is 35.5. The predicted octanol–water partition coefficient (Wildman–Crippen LogP) is 2.42. The molecule has 4 rings (SSSR count). The number of hydrogen-bond donors (Lipinski definition) is 4. The molecule has 11 nitrogen and oxygen atoms in total. The molecule has 14 heteroatoms. The van der Waals surface area contributed by atoms with E-state index in [0.29, 0.717) is 38.7 Å². The van der Waals surface area contributed by atoms with Crippen LogP contribution in [0, 0.1) is 5.92 Å². The summed E-state index contributed by atoms with van der Waals surface area (Å²) in [4.78, 5) is 22.8. The van der Waals surface area contributed by atoms with E-state index in [1.165, 1.54) is 31.0 Å². The van der Waals surface area contributed by atoms with Crippen molar-refractivity contribution >= 4 is 44.8 Å². The van der Waals surface area contributed by atoms with E-state index in [4.69, 9.17) is 21.5 Å². The van der Waals surface area contributed by atoms with Gasteiger partial charge in [-0.15, -0.1) is 11.3 Å². The Kier molecular flexibility index (Phi) is 9.11. The number of rotatable bonds is 11. The first-order valence-corrected chi connectivity index (χ1v) is 14.2. The van der Waals surface area contributed by atoms with Crippen LogP contribution in [0.4, 0.5) is 5.82 Å². The predicted molar refractivity (Wildman–Crippen MR) is 141 cm³/mol. The number of carbonyl (C=O) groups is 1. The van der Waals surface area contributed by atoms with E-state index in [1.807, 2.05) is 0 Å². The van der Waals surface area contributed by atoms with Crippen LogP contribution in [0.25, 0.3) is 0 Å². The molecule has 0 bridgehead atoms. The molecule has 4 atom stereocenters. The lowest BCUT2D eigenvalue weighted by Gasteiger charge is -2.15. The molecule has 1 fully saturated rings. The van der Waals surface area contributed by atoms with Crippen LogP contribution in [0.3, 0.4) is 0 Å². The van der Waals surface area contributed by atoms with Gasteiger partial charge in [0.1, 0.15) is 18.2 Å². The number of nitrogens with zero attached hydrogens (tertiary/aromatic N) is 2. The third kappa shape index (κ3) is 6.93. The maximum absolute atomic E-state index is 13.6. The minimum absolute atomic E-state index is 0.198. The maximum atomic E-state index is 13.6. The summed E-state index contributed by atoms with van der Waals surface area (Å²) < 4.78 is 32.1. The summed E-state index contributed by atoms with van der Waals surface area (Å²) in [6, 6.07) is 8.18. The van der Waals surface area contributed by atoms with Gasteiger partial charge in [-0.25, -0.2) is 15.1 Å². The Labute approximate surface area is 228 Å². The smallest absolute Gasteiger partial charge is 0.333 e. The van der Waals surface area contributed by atoms with E-state index >= 15 is 0 Å². The van der Waals surface area contributed by atoms with Crippen LogP contribution in [0.15, 0.2) is 42.9 Å². The molecule has 0 aliphatic heterocycles. The van der Waals surface area contributed by atoms with Crippen molar-refractivity contribution in [3.8, 4) is 0 Å². The fourth-order valence-corrected chi connectivity index (χ4v) is 6.09. The topological polar surface area (TPSA) is 174 Å². The first kappa shape index (κ1) is 28.5. The van der Waals surface area contributed by atoms with Crippen molar-refractivity contribution in [2.24, 2.45) is 11.1 Å². The number of nitrogens with one attached hydrogen (secondary N) is 1. The van der Waals surface area contributed by atoms with Gasteiger partial charge in [0, 0.05) is 40.7 Å². The zero-order valence-corrected chi connectivity index (χ0v) is 22.7. The molecule has 0 radical (unpaired) electrons. The number of anilines is 1. The van der Waals surface area contributed by atoms with Crippen LogP contribution in [0.2, 0.25) is 5.02 Å². The Morgan fingerprint density at radius 1 is 1.34 bits per heavy atom. The SMILES string of the molecule is COCc1sc(C(=O)c2cncnc2N[C@@H]2C[C@H](COS(N)(=O)=O)[C@@H](O)C2)cc1[C@@H](O)c1cccc(Cl)c1. The summed E-state index contributed by atoms with van der Waals surface area (Å²) in [5, 5.41) is 29.9. The number of ketones is 1. The van der Waals surface area contributed by atoms with Crippen LogP contribution in [-0.2, 0) is 25.8 Å². The van der Waals surface area contributed by atoms with Gasteiger partial charge in [0.15, 0.2) is 0 Å².